The summed E-state index contributed by atoms with van der Waals surface area (Å²) in [5.41, 5.74) is 7.71. The molecular formula is C16H21N3O. The Morgan fingerprint density at radius 3 is 2.65 bits per heavy atom. The molecule has 1 aromatic heterocycles. The van der Waals surface area contributed by atoms with Crippen LogP contribution in [-0.2, 0) is 6.42 Å². The van der Waals surface area contributed by atoms with Gasteiger partial charge in [-0.05, 0) is 50.1 Å². The third-order valence-corrected chi connectivity index (χ3v) is 2.82. The van der Waals surface area contributed by atoms with Gasteiger partial charge in [0.2, 0.25) is 0 Å². The molecule has 106 valence electrons. The number of hydrogen-bond donors (Lipinski definition) is 2. The number of rotatable bonds is 6. The Morgan fingerprint density at radius 2 is 1.95 bits per heavy atom. The Labute approximate surface area is 120 Å². The van der Waals surface area contributed by atoms with E-state index >= 15 is 0 Å². The Kier molecular flexibility index (Phi) is 4.82. The largest absolute Gasteiger partial charge is 0.487 e. The van der Waals surface area contributed by atoms with Crippen LogP contribution < -0.4 is 15.8 Å². The molecule has 0 spiro atoms. The van der Waals surface area contributed by atoms with E-state index in [2.05, 4.69) is 10.3 Å². The van der Waals surface area contributed by atoms with Gasteiger partial charge in [0.25, 0.3) is 0 Å². The molecule has 2 rings (SSSR count). The van der Waals surface area contributed by atoms with Gasteiger partial charge in [-0.2, -0.15) is 0 Å². The van der Waals surface area contributed by atoms with Crippen LogP contribution in [0.2, 0.25) is 0 Å². The lowest BCUT2D eigenvalue weighted by Gasteiger charge is -2.14. The standard InChI is InChI=1S/C16H21N3O/c1-12(2)20-15-4-3-10-18-16(15)19-11-9-13-5-7-14(17)8-6-13/h3-8,10,12H,9,11,17H2,1-2H3,(H,18,19). The molecule has 0 fully saturated rings. The number of nitrogens with zero attached hydrogens (tertiary/aromatic N) is 1. The van der Waals surface area contributed by atoms with Crippen molar-refractivity contribution in [3.8, 4) is 5.75 Å². The Hall–Kier alpha value is -2.23. The van der Waals surface area contributed by atoms with Gasteiger partial charge in [-0.15, -0.1) is 0 Å². The van der Waals surface area contributed by atoms with Crippen LogP contribution in [0, 0.1) is 0 Å². The second-order valence-corrected chi connectivity index (χ2v) is 4.94. The summed E-state index contributed by atoms with van der Waals surface area (Å²) in [5, 5.41) is 3.31. The van der Waals surface area contributed by atoms with E-state index in [-0.39, 0.29) is 6.10 Å². The molecule has 1 heterocycles. The monoisotopic (exact) mass is 271 g/mol. The van der Waals surface area contributed by atoms with Gasteiger partial charge in [-0.1, -0.05) is 12.1 Å². The van der Waals surface area contributed by atoms with E-state index in [1.807, 2.05) is 50.2 Å². The SMILES string of the molecule is CC(C)Oc1cccnc1NCCc1ccc(N)cc1. The first kappa shape index (κ1) is 14.2. The van der Waals surface area contributed by atoms with Crippen molar-refractivity contribution in [1.82, 2.24) is 4.98 Å². The first-order valence-corrected chi connectivity index (χ1v) is 6.85. The van der Waals surface area contributed by atoms with Gasteiger partial charge in [0.05, 0.1) is 6.10 Å². The minimum Gasteiger partial charge on any atom is -0.487 e. The van der Waals surface area contributed by atoms with Crippen molar-refractivity contribution in [3.05, 3.63) is 48.2 Å². The smallest absolute Gasteiger partial charge is 0.168 e. The van der Waals surface area contributed by atoms with E-state index < -0.39 is 0 Å². The van der Waals surface area contributed by atoms with E-state index in [1.165, 1.54) is 5.56 Å². The fourth-order valence-electron chi connectivity index (χ4n) is 1.88. The molecule has 0 bridgehead atoms. The van der Waals surface area contributed by atoms with Crippen LogP contribution >= 0.6 is 0 Å². The molecular weight excluding hydrogens is 250 g/mol. The summed E-state index contributed by atoms with van der Waals surface area (Å²) in [6, 6.07) is 11.7. The number of anilines is 2. The zero-order valence-electron chi connectivity index (χ0n) is 12.0. The summed E-state index contributed by atoms with van der Waals surface area (Å²) in [5.74, 6) is 1.58. The molecule has 0 atom stereocenters. The van der Waals surface area contributed by atoms with Crippen LogP contribution in [0.15, 0.2) is 42.6 Å². The van der Waals surface area contributed by atoms with Crippen molar-refractivity contribution in [1.29, 1.82) is 0 Å². The molecule has 0 aliphatic heterocycles. The van der Waals surface area contributed by atoms with Crippen molar-refractivity contribution in [2.24, 2.45) is 0 Å². The third kappa shape index (κ3) is 4.16. The van der Waals surface area contributed by atoms with Crippen LogP contribution in [0.5, 0.6) is 5.75 Å². The lowest BCUT2D eigenvalue weighted by Crippen LogP contribution is -2.11. The maximum atomic E-state index is 5.72. The second-order valence-electron chi connectivity index (χ2n) is 4.94. The first-order chi connectivity index (χ1) is 9.65. The van der Waals surface area contributed by atoms with E-state index in [4.69, 9.17) is 10.5 Å². The third-order valence-electron chi connectivity index (χ3n) is 2.82. The van der Waals surface area contributed by atoms with Gasteiger partial charge in [0, 0.05) is 18.4 Å². The molecule has 1 aromatic carbocycles. The molecule has 3 N–H and O–H groups in total. The van der Waals surface area contributed by atoms with Gasteiger partial charge in [-0.25, -0.2) is 4.98 Å². The number of aromatic nitrogens is 1. The Balaban J connectivity index is 1.92. The molecule has 4 heteroatoms. The zero-order valence-corrected chi connectivity index (χ0v) is 12.0. The van der Waals surface area contributed by atoms with Crippen LogP contribution in [-0.4, -0.2) is 17.6 Å². The highest BCUT2D eigenvalue weighted by molar-refractivity contribution is 5.49. The average Bonchev–Trinajstić information content (AvgIpc) is 2.42. The highest BCUT2D eigenvalue weighted by Crippen LogP contribution is 2.22. The quantitative estimate of drug-likeness (QED) is 0.793. The van der Waals surface area contributed by atoms with Crippen LogP contribution in [0.4, 0.5) is 11.5 Å². The van der Waals surface area contributed by atoms with Crippen molar-refractivity contribution < 1.29 is 4.74 Å². The second kappa shape index (κ2) is 6.80. The van der Waals surface area contributed by atoms with E-state index in [1.54, 1.807) is 6.20 Å². The van der Waals surface area contributed by atoms with Crippen LogP contribution in [0.1, 0.15) is 19.4 Å². The van der Waals surface area contributed by atoms with Crippen LogP contribution in [0.25, 0.3) is 0 Å². The maximum absolute atomic E-state index is 5.72. The number of ether oxygens (including phenoxy) is 1. The Bertz CT molecular complexity index is 538. The highest BCUT2D eigenvalue weighted by atomic mass is 16.5. The van der Waals surface area contributed by atoms with Gasteiger partial charge < -0.3 is 15.8 Å². The Morgan fingerprint density at radius 1 is 1.20 bits per heavy atom. The van der Waals surface area contributed by atoms with E-state index in [9.17, 15) is 0 Å². The van der Waals surface area contributed by atoms with Gasteiger partial charge in [-0.3, -0.25) is 0 Å². The molecule has 0 unspecified atom stereocenters. The molecule has 0 aliphatic rings. The lowest BCUT2D eigenvalue weighted by molar-refractivity contribution is 0.243. The summed E-state index contributed by atoms with van der Waals surface area (Å²) >= 11 is 0. The molecule has 2 aromatic rings. The number of nitrogen functional groups attached to an aromatic ring is 1. The molecule has 4 nitrogen and oxygen atoms in total. The predicted molar refractivity (Wildman–Crippen MR) is 83.0 cm³/mol. The summed E-state index contributed by atoms with van der Waals surface area (Å²) in [4.78, 5) is 4.32. The highest BCUT2D eigenvalue weighted by Gasteiger charge is 2.05. The van der Waals surface area contributed by atoms with Crippen molar-refractivity contribution in [3.63, 3.8) is 0 Å². The van der Waals surface area contributed by atoms with E-state index in [0.717, 1.165) is 30.2 Å². The molecule has 0 saturated carbocycles. The predicted octanol–water partition coefficient (Wildman–Crippen LogP) is 3.11. The summed E-state index contributed by atoms with van der Waals surface area (Å²) in [7, 11) is 0. The van der Waals surface area contributed by atoms with Crippen molar-refractivity contribution in [2.75, 3.05) is 17.6 Å². The molecule has 0 amide bonds. The topological polar surface area (TPSA) is 60.2 Å². The minimum atomic E-state index is 0.136. The van der Waals surface area contributed by atoms with Gasteiger partial charge in [0.15, 0.2) is 11.6 Å². The molecule has 0 saturated heterocycles. The number of nitrogens with two attached hydrogens (primary N) is 1. The summed E-state index contributed by atoms with van der Waals surface area (Å²) < 4.78 is 5.72. The van der Waals surface area contributed by atoms with Gasteiger partial charge >= 0.3 is 0 Å². The van der Waals surface area contributed by atoms with Crippen molar-refractivity contribution >= 4 is 11.5 Å². The fraction of sp³-hybridized carbons (Fsp3) is 0.312. The number of hydrogen-bond acceptors (Lipinski definition) is 4. The number of nitrogens with one attached hydrogen (secondary N) is 1. The van der Waals surface area contributed by atoms with Crippen molar-refractivity contribution in [2.45, 2.75) is 26.4 Å². The normalized spacial score (nSPS) is 10.6. The molecule has 0 aliphatic carbocycles. The molecule has 20 heavy (non-hydrogen) atoms. The number of benzene rings is 1. The molecule has 0 radical (unpaired) electrons. The first-order valence-electron chi connectivity index (χ1n) is 6.85. The zero-order chi connectivity index (χ0) is 14.4. The summed E-state index contributed by atoms with van der Waals surface area (Å²) in [6.45, 7) is 4.81. The lowest BCUT2D eigenvalue weighted by atomic mass is 10.1. The summed E-state index contributed by atoms with van der Waals surface area (Å²) in [6.07, 6.45) is 2.81. The van der Waals surface area contributed by atoms with Crippen LogP contribution in [0.3, 0.4) is 0 Å². The fourth-order valence-corrected chi connectivity index (χ4v) is 1.88. The minimum absolute atomic E-state index is 0.136. The maximum Gasteiger partial charge on any atom is 0.168 e. The average molecular weight is 271 g/mol. The number of pyridine rings is 1. The van der Waals surface area contributed by atoms with E-state index in [0.29, 0.717) is 0 Å². The van der Waals surface area contributed by atoms with Gasteiger partial charge in [0.1, 0.15) is 0 Å².